The molecular formula is C14H19Cl2N. The first kappa shape index (κ1) is 13.2. The maximum atomic E-state index is 6.13. The highest BCUT2D eigenvalue weighted by Crippen LogP contribution is 2.51. The Balaban J connectivity index is 1.88. The molecule has 94 valence electrons. The van der Waals surface area contributed by atoms with Gasteiger partial charge in [0.25, 0.3) is 0 Å². The van der Waals surface area contributed by atoms with Gasteiger partial charge in [0, 0.05) is 23.1 Å². The van der Waals surface area contributed by atoms with Gasteiger partial charge in [-0.15, -0.1) is 0 Å². The Morgan fingerprint density at radius 1 is 1.29 bits per heavy atom. The maximum absolute atomic E-state index is 6.13. The van der Waals surface area contributed by atoms with Gasteiger partial charge in [-0.05, 0) is 47.9 Å². The highest BCUT2D eigenvalue weighted by molar-refractivity contribution is 6.33. The normalized spacial score (nSPS) is 17.5. The van der Waals surface area contributed by atoms with Gasteiger partial charge < -0.3 is 5.32 Å². The molecule has 1 aliphatic carbocycles. The standard InChI is InChI=1S/C14H19Cl2N/c1-10(2)14(5-6-14)9-17-8-11-7-12(15)3-4-13(11)16/h3-4,7,10,17H,5-6,8-9H2,1-2H3. The minimum Gasteiger partial charge on any atom is -0.312 e. The van der Waals surface area contributed by atoms with Gasteiger partial charge in [0.05, 0.1) is 0 Å². The minimum atomic E-state index is 0.533. The zero-order valence-electron chi connectivity index (χ0n) is 10.4. The number of nitrogens with one attached hydrogen (secondary N) is 1. The van der Waals surface area contributed by atoms with Crippen molar-refractivity contribution in [3.63, 3.8) is 0 Å². The van der Waals surface area contributed by atoms with Crippen LogP contribution in [0.5, 0.6) is 0 Å². The molecule has 0 bridgehead atoms. The summed E-state index contributed by atoms with van der Waals surface area (Å²) in [6.07, 6.45) is 2.70. The van der Waals surface area contributed by atoms with Crippen molar-refractivity contribution in [2.24, 2.45) is 11.3 Å². The smallest absolute Gasteiger partial charge is 0.0451 e. The predicted octanol–water partition coefficient (Wildman–Crippen LogP) is 4.52. The van der Waals surface area contributed by atoms with Gasteiger partial charge in [-0.2, -0.15) is 0 Å². The van der Waals surface area contributed by atoms with Crippen LogP contribution >= 0.6 is 23.2 Å². The second-order valence-electron chi connectivity index (χ2n) is 5.36. The summed E-state index contributed by atoms with van der Waals surface area (Å²) in [5.74, 6) is 0.754. The van der Waals surface area contributed by atoms with Crippen LogP contribution in [0.4, 0.5) is 0 Å². The molecule has 1 aromatic carbocycles. The van der Waals surface area contributed by atoms with Gasteiger partial charge in [0.2, 0.25) is 0 Å². The molecule has 0 amide bonds. The zero-order valence-corrected chi connectivity index (χ0v) is 11.9. The number of halogens is 2. The van der Waals surface area contributed by atoms with Crippen molar-refractivity contribution in [1.29, 1.82) is 0 Å². The summed E-state index contributed by atoms with van der Waals surface area (Å²) < 4.78 is 0. The minimum absolute atomic E-state index is 0.533. The molecule has 2 rings (SSSR count). The van der Waals surface area contributed by atoms with Gasteiger partial charge >= 0.3 is 0 Å². The fraction of sp³-hybridized carbons (Fsp3) is 0.571. The largest absolute Gasteiger partial charge is 0.312 e. The van der Waals surface area contributed by atoms with E-state index in [2.05, 4.69) is 19.2 Å². The fourth-order valence-corrected chi connectivity index (χ4v) is 2.62. The highest BCUT2D eigenvalue weighted by Gasteiger charge is 2.44. The molecule has 1 aliphatic rings. The second kappa shape index (κ2) is 5.17. The van der Waals surface area contributed by atoms with Gasteiger partial charge in [-0.25, -0.2) is 0 Å². The molecule has 17 heavy (non-hydrogen) atoms. The Bertz CT molecular complexity index is 397. The van der Waals surface area contributed by atoms with Crippen LogP contribution in [0.1, 0.15) is 32.3 Å². The van der Waals surface area contributed by atoms with Crippen LogP contribution in [0.2, 0.25) is 10.0 Å². The quantitative estimate of drug-likeness (QED) is 0.831. The Kier molecular flexibility index (Phi) is 4.02. The van der Waals surface area contributed by atoms with Crippen LogP contribution in [0, 0.1) is 11.3 Å². The predicted molar refractivity (Wildman–Crippen MR) is 74.7 cm³/mol. The van der Waals surface area contributed by atoms with Crippen molar-refractivity contribution in [3.8, 4) is 0 Å². The summed E-state index contributed by atoms with van der Waals surface area (Å²) in [6.45, 7) is 6.49. The monoisotopic (exact) mass is 271 g/mol. The number of hydrogen-bond donors (Lipinski definition) is 1. The molecule has 1 saturated carbocycles. The van der Waals surface area contributed by atoms with Crippen LogP contribution in [0.3, 0.4) is 0 Å². The molecule has 1 nitrogen and oxygen atoms in total. The van der Waals surface area contributed by atoms with Crippen molar-refractivity contribution < 1.29 is 0 Å². The van der Waals surface area contributed by atoms with Gasteiger partial charge in [0.1, 0.15) is 0 Å². The molecule has 1 N–H and O–H groups in total. The lowest BCUT2D eigenvalue weighted by Gasteiger charge is -2.20. The van der Waals surface area contributed by atoms with E-state index in [1.54, 1.807) is 0 Å². The van der Waals surface area contributed by atoms with E-state index < -0.39 is 0 Å². The first-order valence-corrected chi connectivity index (χ1v) is 6.94. The third-order valence-electron chi connectivity index (χ3n) is 3.92. The first-order chi connectivity index (χ1) is 8.03. The van der Waals surface area contributed by atoms with Gasteiger partial charge in [-0.1, -0.05) is 37.0 Å². The molecule has 0 spiro atoms. The number of rotatable bonds is 5. The zero-order chi connectivity index (χ0) is 12.5. The fourth-order valence-electron chi connectivity index (χ4n) is 2.24. The van der Waals surface area contributed by atoms with Crippen LogP contribution in [0.25, 0.3) is 0 Å². The maximum Gasteiger partial charge on any atom is 0.0451 e. The Morgan fingerprint density at radius 2 is 2.00 bits per heavy atom. The Hall–Kier alpha value is -0.240. The van der Waals surface area contributed by atoms with Crippen molar-refractivity contribution in [2.75, 3.05) is 6.54 Å². The Morgan fingerprint density at radius 3 is 2.59 bits per heavy atom. The molecule has 0 aliphatic heterocycles. The summed E-state index contributed by atoms with van der Waals surface area (Å²) in [5.41, 5.74) is 1.61. The van der Waals surface area contributed by atoms with E-state index in [4.69, 9.17) is 23.2 Å². The van der Waals surface area contributed by atoms with E-state index >= 15 is 0 Å². The molecule has 0 unspecified atom stereocenters. The third kappa shape index (κ3) is 3.15. The van der Waals surface area contributed by atoms with Crippen molar-refractivity contribution >= 4 is 23.2 Å². The van der Waals surface area contributed by atoms with Gasteiger partial charge in [0.15, 0.2) is 0 Å². The molecule has 0 heterocycles. The van der Waals surface area contributed by atoms with E-state index in [1.807, 2.05) is 18.2 Å². The second-order valence-corrected chi connectivity index (χ2v) is 6.20. The molecule has 1 aromatic rings. The Labute approximate surface area is 114 Å². The summed E-state index contributed by atoms with van der Waals surface area (Å²) in [7, 11) is 0. The third-order valence-corrected chi connectivity index (χ3v) is 4.52. The number of hydrogen-bond acceptors (Lipinski definition) is 1. The molecular weight excluding hydrogens is 253 g/mol. The summed E-state index contributed by atoms with van der Waals surface area (Å²) in [5, 5.41) is 5.05. The molecule has 0 atom stereocenters. The SMILES string of the molecule is CC(C)C1(CNCc2cc(Cl)ccc2Cl)CC1. The van der Waals surface area contributed by atoms with Crippen LogP contribution < -0.4 is 5.32 Å². The topological polar surface area (TPSA) is 12.0 Å². The van der Waals surface area contributed by atoms with Crippen LogP contribution in [-0.4, -0.2) is 6.54 Å². The molecule has 1 fully saturated rings. The molecule has 0 aromatic heterocycles. The van der Waals surface area contributed by atoms with Gasteiger partial charge in [-0.3, -0.25) is 0 Å². The van der Waals surface area contributed by atoms with Crippen LogP contribution in [0.15, 0.2) is 18.2 Å². The highest BCUT2D eigenvalue weighted by atomic mass is 35.5. The van der Waals surface area contributed by atoms with E-state index in [1.165, 1.54) is 12.8 Å². The van der Waals surface area contributed by atoms with Crippen molar-refractivity contribution in [1.82, 2.24) is 5.32 Å². The molecule has 0 saturated heterocycles. The average molecular weight is 272 g/mol. The average Bonchev–Trinajstić information content (AvgIpc) is 3.04. The van der Waals surface area contributed by atoms with E-state index in [0.717, 1.165) is 34.6 Å². The van der Waals surface area contributed by atoms with E-state index in [-0.39, 0.29) is 0 Å². The van der Waals surface area contributed by atoms with Crippen molar-refractivity contribution in [3.05, 3.63) is 33.8 Å². The molecule has 0 radical (unpaired) electrons. The van der Waals surface area contributed by atoms with Crippen LogP contribution in [-0.2, 0) is 6.54 Å². The van der Waals surface area contributed by atoms with E-state index in [9.17, 15) is 0 Å². The van der Waals surface area contributed by atoms with Crippen molar-refractivity contribution in [2.45, 2.75) is 33.2 Å². The summed E-state index contributed by atoms with van der Waals surface area (Å²) >= 11 is 12.1. The lowest BCUT2D eigenvalue weighted by atomic mass is 9.92. The van der Waals surface area contributed by atoms with E-state index in [0.29, 0.717) is 5.41 Å². The first-order valence-electron chi connectivity index (χ1n) is 6.18. The summed E-state index contributed by atoms with van der Waals surface area (Å²) in [4.78, 5) is 0. The molecule has 3 heteroatoms. The lowest BCUT2D eigenvalue weighted by Crippen LogP contribution is -2.27. The lowest BCUT2D eigenvalue weighted by molar-refractivity contribution is 0.338. The summed E-state index contributed by atoms with van der Waals surface area (Å²) in [6, 6.07) is 5.62. The number of benzene rings is 1.